The van der Waals surface area contributed by atoms with Crippen LogP contribution in [0.3, 0.4) is 0 Å². The second-order valence-electron chi connectivity index (χ2n) is 5.59. The van der Waals surface area contributed by atoms with Crippen LogP contribution in [0.15, 0.2) is 30.3 Å². The molecule has 2 atom stereocenters. The largest absolute Gasteiger partial charge is 0.388 e. The van der Waals surface area contributed by atoms with Crippen molar-refractivity contribution < 1.29 is 14.6 Å². The van der Waals surface area contributed by atoms with Gasteiger partial charge in [-0.05, 0) is 11.0 Å². The number of hydrogen-bond acceptors (Lipinski definition) is 3. The van der Waals surface area contributed by atoms with E-state index in [0.29, 0.717) is 6.61 Å². The van der Waals surface area contributed by atoms with E-state index < -0.39 is 6.10 Å². The second-order valence-corrected chi connectivity index (χ2v) is 5.59. The fourth-order valence-corrected chi connectivity index (χ4v) is 2.05. The Morgan fingerprint density at radius 1 is 1.17 bits per heavy atom. The zero-order valence-electron chi connectivity index (χ0n) is 11.7. The minimum Gasteiger partial charge on any atom is -0.388 e. The predicted octanol–water partition coefficient (Wildman–Crippen LogP) is 2.63. The van der Waals surface area contributed by atoms with Crippen LogP contribution < -0.4 is 0 Å². The summed E-state index contributed by atoms with van der Waals surface area (Å²) in [5.41, 5.74) is 0.999. The van der Waals surface area contributed by atoms with Crippen LogP contribution in [0.5, 0.6) is 0 Å². The van der Waals surface area contributed by atoms with Crippen LogP contribution in [0.25, 0.3) is 0 Å². The van der Waals surface area contributed by atoms with Gasteiger partial charge in [0.15, 0.2) is 0 Å². The molecule has 0 aromatic heterocycles. The van der Waals surface area contributed by atoms with Crippen molar-refractivity contribution in [1.29, 1.82) is 0 Å². The van der Waals surface area contributed by atoms with Crippen molar-refractivity contribution in [3.05, 3.63) is 35.9 Å². The average Bonchev–Trinajstić information content (AvgIpc) is 2.29. The van der Waals surface area contributed by atoms with E-state index in [-0.39, 0.29) is 18.1 Å². The molecule has 0 heterocycles. The normalized spacial score (nSPS) is 15.4. The first-order valence-electron chi connectivity index (χ1n) is 6.27. The minimum absolute atomic E-state index is 0.107. The molecule has 102 valence electrons. The number of aliphatic hydroxyl groups excluding tert-OH is 1. The Hall–Kier alpha value is -0.900. The molecule has 1 aromatic carbocycles. The van der Waals surface area contributed by atoms with Crippen LogP contribution in [0, 0.1) is 5.41 Å². The van der Waals surface area contributed by atoms with E-state index in [2.05, 4.69) is 0 Å². The summed E-state index contributed by atoms with van der Waals surface area (Å²) in [6.45, 7) is 6.92. The highest BCUT2D eigenvalue weighted by Gasteiger charge is 2.31. The lowest BCUT2D eigenvalue weighted by Crippen LogP contribution is -2.41. The Labute approximate surface area is 110 Å². The molecule has 3 heteroatoms. The summed E-state index contributed by atoms with van der Waals surface area (Å²) in [6, 6.07) is 9.93. The van der Waals surface area contributed by atoms with Gasteiger partial charge in [0.05, 0.1) is 19.3 Å². The average molecular weight is 252 g/mol. The first-order valence-corrected chi connectivity index (χ1v) is 6.27. The summed E-state index contributed by atoms with van der Waals surface area (Å²) in [5.74, 6) is 0. The third-order valence-corrected chi connectivity index (χ3v) is 2.86. The van der Waals surface area contributed by atoms with Crippen LogP contribution in [0.4, 0.5) is 0 Å². The maximum absolute atomic E-state index is 10.1. The molecule has 0 saturated heterocycles. The molecule has 0 radical (unpaired) electrons. The smallest absolute Gasteiger partial charge is 0.104 e. The lowest BCUT2D eigenvalue weighted by molar-refractivity contribution is -0.101. The van der Waals surface area contributed by atoms with Gasteiger partial charge in [-0.1, -0.05) is 51.1 Å². The van der Waals surface area contributed by atoms with Gasteiger partial charge in [-0.15, -0.1) is 0 Å². The molecule has 3 nitrogen and oxygen atoms in total. The highest BCUT2D eigenvalue weighted by molar-refractivity contribution is 5.13. The van der Waals surface area contributed by atoms with E-state index in [1.54, 1.807) is 7.11 Å². The molecular weight excluding hydrogens is 228 g/mol. The number of methoxy groups -OCH3 is 1. The summed E-state index contributed by atoms with van der Waals surface area (Å²) in [6.07, 6.45) is -0.841. The van der Waals surface area contributed by atoms with Crippen molar-refractivity contribution in [2.75, 3.05) is 13.7 Å². The van der Waals surface area contributed by atoms with Gasteiger partial charge in [0.1, 0.15) is 6.10 Å². The van der Waals surface area contributed by atoms with Crippen LogP contribution in [0.2, 0.25) is 0 Å². The molecule has 0 unspecified atom stereocenters. The van der Waals surface area contributed by atoms with Crippen LogP contribution in [0.1, 0.15) is 26.3 Å². The molecule has 1 aromatic rings. The molecule has 0 aliphatic rings. The molecular formula is C15H24O3. The summed E-state index contributed by atoms with van der Waals surface area (Å²) in [4.78, 5) is 0. The van der Waals surface area contributed by atoms with E-state index in [1.807, 2.05) is 51.1 Å². The molecule has 0 aliphatic carbocycles. The van der Waals surface area contributed by atoms with Crippen molar-refractivity contribution in [2.24, 2.45) is 5.41 Å². The summed E-state index contributed by atoms with van der Waals surface area (Å²) in [5, 5.41) is 10.1. The van der Waals surface area contributed by atoms with Crippen molar-refractivity contribution in [1.82, 2.24) is 0 Å². The summed E-state index contributed by atoms with van der Waals surface area (Å²) in [7, 11) is 1.62. The Morgan fingerprint density at radius 3 is 2.28 bits per heavy atom. The standard InChI is InChI=1S/C15H24O3/c1-15(2,3)14(17-4)13(16)11-18-10-12-8-6-5-7-9-12/h5-9,13-14,16H,10-11H2,1-4H3/t13-,14-/m1/s1. The van der Waals surface area contributed by atoms with Gasteiger partial charge >= 0.3 is 0 Å². The van der Waals surface area contributed by atoms with Gasteiger partial charge in [-0.25, -0.2) is 0 Å². The van der Waals surface area contributed by atoms with E-state index in [1.165, 1.54) is 0 Å². The SMILES string of the molecule is CO[C@H]([C@H](O)COCc1ccccc1)C(C)(C)C. The van der Waals surface area contributed by atoms with E-state index in [9.17, 15) is 5.11 Å². The Bertz CT molecular complexity index is 329. The number of benzene rings is 1. The first kappa shape index (κ1) is 15.2. The van der Waals surface area contributed by atoms with Crippen LogP contribution in [-0.2, 0) is 16.1 Å². The molecule has 18 heavy (non-hydrogen) atoms. The maximum Gasteiger partial charge on any atom is 0.104 e. The first-order chi connectivity index (χ1) is 8.45. The molecule has 0 spiro atoms. The van der Waals surface area contributed by atoms with Crippen LogP contribution in [-0.4, -0.2) is 31.0 Å². The Morgan fingerprint density at radius 2 is 1.78 bits per heavy atom. The van der Waals surface area contributed by atoms with E-state index >= 15 is 0 Å². The molecule has 0 fully saturated rings. The topological polar surface area (TPSA) is 38.7 Å². The monoisotopic (exact) mass is 252 g/mol. The van der Waals surface area contributed by atoms with Gasteiger partial charge in [0.2, 0.25) is 0 Å². The van der Waals surface area contributed by atoms with E-state index in [4.69, 9.17) is 9.47 Å². The van der Waals surface area contributed by atoms with Gasteiger partial charge in [-0.3, -0.25) is 0 Å². The number of rotatable bonds is 6. The zero-order chi connectivity index (χ0) is 13.6. The molecule has 0 aliphatic heterocycles. The second kappa shape index (κ2) is 6.88. The lowest BCUT2D eigenvalue weighted by atomic mass is 9.86. The summed E-state index contributed by atoms with van der Waals surface area (Å²) < 4.78 is 10.9. The van der Waals surface area contributed by atoms with Gasteiger partial charge in [0, 0.05) is 7.11 Å². The van der Waals surface area contributed by atoms with Crippen LogP contribution >= 0.6 is 0 Å². The minimum atomic E-state index is -0.612. The van der Waals surface area contributed by atoms with Crippen molar-refractivity contribution in [3.63, 3.8) is 0 Å². The highest BCUT2D eigenvalue weighted by Crippen LogP contribution is 2.24. The molecule has 0 amide bonds. The van der Waals surface area contributed by atoms with Gasteiger partial charge < -0.3 is 14.6 Å². The molecule has 1 rings (SSSR count). The van der Waals surface area contributed by atoms with Crippen molar-refractivity contribution in [3.8, 4) is 0 Å². The number of hydrogen-bond donors (Lipinski definition) is 1. The van der Waals surface area contributed by atoms with E-state index in [0.717, 1.165) is 5.56 Å². The van der Waals surface area contributed by atoms with Crippen molar-refractivity contribution in [2.45, 2.75) is 39.6 Å². The Balaban J connectivity index is 2.39. The molecule has 0 bridgehead atoms. The third kappa shape index (κ3) is 4.77. The maximum atomic E-state index is 10.1. The number of ether oxygens (including phenoxy) is 2. The molecule has 1 N–H and O–H groups in total. The fraction of sp³-hybridized carbons (Fsp3) is 0.600. The number of aliphatic hydroxyl groups is 1. The predicted molar refractivity (Wildman–Crippen MR) is 72.4 cm³/mol. The quantitative estimate of drug-likeness (QED) is 0.846. The van der Waals surface area contributed by atoms with Gasteiger partial charge in [-0.2, -0.15) is 0 Å². The summed E-state index contributed by atoms with van der Waals surface area (Å²) >= 11 is 0. The highest BCUT2D eigenvalue weighted by atomic mass is 16.5. The molecule has 0 saturated carbocycles. The lowest BCUT2D eigenvalue weighted by Gasteiger charge is -2.33. The fourth-order valence-electron chi connectivity index (χ4n) is 2.05. The Kier molecular flexibility index (Phi) is 5.79. The zero-order valence-corrected chi connectivity index (χ0v) is 11.7. The van der Waals surface area contributed by atoms with Crippen molar-refractivity contribution >= 4 is 0 Å². The third-order valence-electron chi connectivity index (χ3n) is 2.86. The van der Waals surface area contributed by atoms with Gasteiger partial charge in [0.25, 0.3) is 0 Å².